The molecule has 0 amide bonds. The van der Waals surface area contributed by atoms with E-state index in [4.69, 9.17) is 4.98 Å². The van der Waals surface area contributed by atoms with Gasteiger partial charge in [-0.1, -0.05) is 133 Å². The van der Waals surface area contributed by atoms with Crippen LogP contribution in [0.1, 0.15) is 22.3 Å². The molecule has 2 heteroatoms. The van der Waals surface area contributed by atoms with Crippen LogP contribution in [-0.4, -0.2) is 9.38 Å². The second-order valence-electron chi connectivity index (χ2n) is 12.7. The molecule has 2 aromatic heterocycles. The minimum atomic E-state index is -0.356. The van der Waals surface area contributed by atoms with Gasteiger partial charge in [0.2, 0.25) is 0 Å². The van der Waals surface area contributed by atoms with Gasteiger partial charge >= 0.3 is 0 Å². The predicted molar refractivity (Wildman–Crippen MR) is 189 cm³/mol. The first kappa shape index (κ1) is 24.3. The van der Waals surface area contributed by atoms with E-state index < -0.39 is 0 Å². The Morgan fingerprint density at radius 2 is 1.00 bits per heavy atom. The number of nitrogens with zero attached hydrogens (tertiary/aromatic N) is 2. The fraction of sp³-hybridized carbons (Fsp3) is 0.0227. The van der Waals surface area contributed by atoms with Gasteiger partial charge in [0.15, 0.2) is 0 Å². The van der Waals surface area contributed by atoms with E-state index in [0.29, 0.717) is 0 Å². The van der Waals surface area contributed by atoms with Crippen LogP contribution in [0, 0.1) is 0 Å². The topological polar surface area (TPSA) is 17.3 Å². The van der Waals surface area contributed by atoms with E-state index in [0.717, 1.165) is 16.9 Å². The standard InChI is InChI=1S/C44H26N2/c1-2-12-27(13-3-1)43-45-40-26-29(24-35-34-17-7-11-21-41(34)46(43)42(35)40)28-22-23-33-32-16-6-10-20-38(32)44(39(33)25-28)36-18-8-4-14-30(36)31-15-5-9-19-37(31)44/h1-26H. The highest BCUT2D eigenvalue weighted by Crippen LogP contribution is 2.63. The Kier molecular flexibility index (Phi) is 4.55. The van der Waals surface area contributed by atoms with E-state index in [1.54, 1.807) is 0 Å². The van der Waals surface area contributed by atoms with Crippen LogP contribution >= 0.6 is 0 Å². The molecule has 0 saturated carbocycles. The van der Waals surface area contributed by atoms with Crippen molar-refractivity contribution < 1.29 is 0 Å². The number of fused-ring (bicyclic) bond motifs is 13. The summed E-state index contributed by atoms with van der Waals surface area (Å²) >= 11 is 0. The van der Waals surface area contributed by atoms with Crippen LogP contribution in [0.5, 0.6) is 0 Å². The summed E-state index contributed by atoms with van der Waals surface area (Å²) in [4.78, 5) is 5.28. The highest BCUT2D eigenvalue weighted by Gasteiger charge is 2.51. The van der Waals surface area contributed by atoms with Gasteiger partial charge in [-0.05, 0) is 79.9 Å². The average Bonchev–Trinajstić information content (AvgIpc) is 3.84. The highest BCUT2D eigenvalue weighted by atomic mass is 15.0. The number of para-hydroxylation sites is 1. The average molecular weight is 583 g/mol. The lowest BCUT2D eigenvalue weighted by atomic mass is 9.70. The summed E-state index contributed by atoms with van der Waals surface area (Å²) < 4.78 is 2.35. The molecular weight excluding hydrogens is 556 g/mol. The van der Waals surface area contributed by atoms with Gasteiger partial charge in [0.1, 0.15) is 5.82 Å². The minimum absolute atomic E-state index is 0.356. The van der Waals surface area contributed by atoms with Crippen LogP contribution in [0.15, 0.2) is 158 Å². The Hall–Kier alpha value is -5.99. The summed E-state index contributed by atoms with van der Waals surface area (Å²) in [5.74, 6) is 0.987. The van der Waals surface area contributed by atoms with Crippen molar-refractivity contribution in [2.45, 2.75) is 5.41 Å². The van der Waals surface area contributed by atoms with E-state index in [2.05, 4.69) is 162 Å². The fourth-order valence-electron chi connectivity index (χ4n) is 8.77. The molecule has 0 radical (unpaired) electrons. The maximum Gasteiger partial charge on any atom is 0.145 e. The summed E-state index contributed by atoms with van der Waals surface area (Å²) in [6.07, 6.45) is 0. The molecule has 0 fully saturated rings. The van der Waals surface area contributed by atoms with E-state index in [-0.39, 0.29) is 5.41 Å². The lowest BCUT2D eigenvalue weighted by molar-refractivity contribution is 0.794. The van der Waals surface area contributed by atoms with Crippen molar-refractivity contribution in [3.63, 3.8) is 0 Å². The third kappa shape index (κ3) is 2.86. The van der Waals surface area contributed by atoms with Gasteiger partial charge in [-0.3, -0.25) is 4.40 Å². The molecule has 46 heavy (non-hydrogen) atoms. The lowest BCUT2D eigenvalue weighted by Crippen LogP contribution is -2.25. The number of aromatic nitrogens is 2. The second kappa shape index (κ2) is 8.59. The Bertz CT molecular complexity index is 2630. The van der Waals surface area contributed by atoms with Crippen LogP contribution in [-0.2, 0) is 5.41 Å². The Morgan fingerprint density at radius 1 is 0.413 bits per heavy atom. The molecule has 9 aromatic rings. The Balaban J connectivity index is 1.21. The predicted octanol–water partition coefficient (Wildman–Crippen LogP) is 10.8. The SMILES string of the molecule is c1ccc(-c2nc3cc(-c4ccc5c(c4)C4(c6ccccc6-c6ccccc64)c4ccccc4-5)cc4c5ccccc5n2c34)cc1. The Morgan fingerprint density at radius 3 is 1.70 bits per heavy atom. The summed E-state index contributed by atoms with van der Waals surface area (Å²) in [6, 6.07) is 58.1. The van der Waals surface area contributed by atoms with Gasteiger partial charge in [-0.25, -0.2) is 4.98 Å². The summed E-state index contributed by atoms with van der Waals surface area (Å²) in [6.45, 7) is 0. The monoisotopic (exact) mass is 582 g/mol. The number of hydrogen-bond acceptors (Lipinski definition) is 1. The number of rotatable bonds is 2. The molecule has 0 saturated heterocycles. The molecule has 2 aliphatic rings. The molecule has 2 nitrogen and oxygen atoms in total. The van der Waals surface area contributed by atoms with E-state index >= 15 is 0 Å². The van der Waals surface area contributed by atoms with Crippen LogP contribution < -0.4 is 0 Å². The van der Waals surface area contributed by atoms with Crippen LogP contribution in [0.3, 0.4) is 0 Å². The Labute approximate surface area is 266 Å². The quantitative estimate of drug-likeness (QED) is 0.198. The van der Waals surface area contributed by atoms with Gasteiger partial charge in [0.05, 0.1) is 22.0 Å². The molecule has 1 spiro atoms. The van der Waals surface area contributed by atoms with Gasteiger partial charge in [-0.2, -0.15) is 0 Å². The van der Waals surface area contributed by atoms with Crippen molar-refractivity contribution in [2.24, 2.45) is 0 Å². The first-order valence-corrected chi connectivity index (χ1v) is 16.0. The van der Waals surface area contributed by atoms with Crippen LogP contribution in [0.25, 0.3) is 72.1 Å². The molecule has 0 aliphatic heterocycles. The molecular formula is C44H26N2. The van der Waals surface area contributed by atoms with E-state index in [1.807, 2.05) is 0 Å². The van der Waals surface area contributed by atoms with Gasteiger partial charge < -0.3 is 0 Å². The van der Waals surface area contributed by atoms with Crippen molar-refractivity contribution in [1.29, 1.82) is 0 Å². The number of imidazole rings is 1. The fourth-order valence-corrected chi connectivity index (χ4v) is 8.77. The molecule has 0 N–H and O–H groups in total. The second-order valence-corrected chi connectivity index (χ2v) is 12.7. The molecule has 212 valence electrons. The van der Waals surface area contributed by atoms with Gasteiger partial charge in [-0.15, -0.1) is 0 Å². The summed E-state index contributed by atoms with van der Waals surface area (Å²) in [7, 11) is 0. The van der Waals surface area contributed by atoms with Crippen LogP contribution in [0.2, 0.25) is 0 Å². The number of benzene rings is 7. The van der Waals surface area contributed by atoms with Crippen molar-refractivity contribution in [2.75, 3.05) is 0 Å². The molecule has 2 heterocycles. The van der Waals surface area contributed by atoms with E-state index in [1.165, 1.54) is 77.4 Å². The lowest BCUT2D eigenvalue weighted by Gasteiger charge is -2.30. The molecule has 0 bridgehead atoms. The molecule has 2 aliphatic carbocycles. The van der Waals surface area contributed by atoms with Gasteiger partial charge in [0.25, 0.3) is 0 Å². The van der Waals surface area contributed by atoms with Crippen molar-refractivity contribution in [3.8, 4) is 44.8 Å². The van der Waals surface area contributed by atoms with Gasteiger partial charge in [0, 0.05) is 16.3 Å². The highest BCUT2D eigenvalue weighted by molar-refractivity contribution is 6.16. The smallest absolute Gasteiger partial charge is 0.145 e. The summed E-state index contributed by atoms with van der Waals surface area (Å²) in [5.41, 5.74) is 17.3. The molecule has 7 aromatic carbocycles. The zero-order chi connectivity index (χ0) is 30.0. The van der Waals surface area contributed by atoms with E-state index in [9.17, 15) is 0 Å². The molecule has 11 rings (SSSR count). The first-order valence-electron chi connectivity index (χ1n) is 16.0. The normalized spacial score (nSPS) is 13.8. The largest absolute Gasteiger partial charge is 0.291 e. The zero-order valence-electron chi connectivity index (χ0n) is 24.9. The molecule has 0 atom stereocenters. The maximum atomic E-state index is 5.28. The minimum Gasteiger partial charge on any atom is -0.291 e. The first-order chi connectivity index (χ1) is 22.8. The zero-order valence-corrected chi connectivity index (χ0v) is 24.9. The van der Waals surface area contributed by atoms with Crippen molar-refractivity contribution in [1.82, 2.24) is 9.38 Å². The third-order valence-electron chi connectivity index (χ3n) is 10.5. The number of hydrogen-bond donors (Lipinski definition) is 0. The molecule has 0 unspecified atom stereocenters. The summed E-state index contributed by atoms with van der Waals surface area (Å²) in [5, 5.41) is 2.50. The van der Waals surface area contributed by atoms with Crippen molar-refractivity contribution in [3.05, 3.63) is 180 Å². The maximum absolute atomic E-state index is 5.28. The van der Waals surface area contributed by atoms with Crippen LogP contribution in [0.4, 0.5) is 0 Å². The van der Waals surface area contributed by atoms with Crippen molar-refractivity contribution >= 4 is 27.3 Å². The third-order valence-corrected chi connectivity index (χ3v) is 10.5.